The number of fused-ring (bicyclic) bond motifs is 1. The van der Waals surface area contributed by atoms with Crippen molar-refractivity contribution in [2.75, 3.05) is 12.4 Å². The average molecular weight is 461 g/mol. The number of carbonyl (C=O) groups is 1. The van der Waals surface area contributed by atoms with Crippen molar-refractivity contribution in [3.63, 3.8) is 0 Å². The van der Waals surface area contributed by atoms with E-state index in [2.05, 4.69) is 44.9 Å². The minimum atomic E-state index is 0.112. The lowest BCUT2D eigenvalue weighted by atomic mass is 9.99. The molecule has 7 heteroatoms. The number of H-pyrrole nitrogens is 1. The summed E-state index contributed by atoms with van der Waals surface area (Å²) in [6, 6.07) is 12.3. The summed E-state index contributed by atoms with van der Waals surface area (Å²) in [6.45, 7) is 7.60. The maximum atomic E-state index is 13.1. The topological polar surface area (TPSA) is 72.8 Å². The second kappa shape index (κ2) is 9.15. The van der Waals surface area contributed by atoms with Crippen LogP contribution in [0.25, 0.3) is 22.3 Å². The highest BCUT2D eigenvalue weighted by Crippen LogP contribution is 2.31. The van der Waals surface area contributed by atoms with Gasteiger partial charge in [-0.25, -0.2) is 0 Å². The van der Waals surface area contributed by atoms with Crippen molar-refractivity contribution >= 4 is 28.4 Å². The number of hydrogen-bond acceptors (Lipinski definition) is 5. The molecular weight excluding hydrogens is 432 g/mol. The van der Waals surface area contributed by atoms with Gasteiger partial charge in [0.05, 0.1) is 18.4 Å². The van der Waals surface area contributed by atoms with E-state index in [4.69, 9.17) is 4.74 Å². The van der Waals surface area contributed by atoms with Gasteiger partial charge in [-0.15, -0.1) is 10.2 Å². The van der Waals surface area contributed by atoms with Crippen molar-refractivity contribution in [3.8, 4) is 11.4 Å². The summed E-state index contributed by atoms with van der Waals surface area (Å²) in [6.07, 6.45) is 4.22. The zero-order valence-electron chi connectivity index (χ0n) is 19.2. The largest absolute Gasteiger partial charge is 0.376 e. The van der Waals surface area contributed by atoms with Gasteiger partial charge in [0.1, 0.15) is 0 Å². The number of aromatic nitrogens is 4. The molecule has 0 spiro atoms. The zero-order chi connectivity index (χ0) is 22.9. The van der Waals surface area contributed by atoms with E-state index in [1.54, 1.807) is 0 Å². The third-order valence-electron chi connectivity index (χ3n) is 6.43. The number of Topliss-reactive ketones (excluding diaryl/α,β-unsaturated/α-hetero) is 1. The summed E-state index contributed by atoms with van der Waals surface area (Å²) in [5, 5.41) is 10.9. The predicted molar refractivity (Wildman–Crippen MR) is 132 cm³/mol. The highest BCUT2D eigenvalue weighted by molar-refractivity contribution is 7.99. The fourth-order valence-corrected chi connectivity index (χ4v) is 5.31. The van der Waals surface area contributed by atoms with E-state index in [0.717, 1.165) is 63.6 Å². The lowest BCUT2D eigenvalue weighted by Gasteiger charge is -2.14. The summed E-state index contributed by atoms with van der Waals surface area (Å²) >= 11 is 1.45. The molecule has 1 aliphatic rings. The van der Waals surface area contributed by atoms with Crippen LogP contribution in [0, 0.1) is 20.8 Å². The normalized spacial score (nSPS) is 16.0. The van der Waals surface area contributed by atoms with Crippen molar-refractivity contribution in [1.82, 2.24) is 19.7 Å². The van der Waals surface area contributed by atoms with Gasteiger partial charge < -0.3 is 9.72 Å². The van der Waals surface area contributed by atoms with Crippen LogP contribution in [-0.4, -0.2) is 44.0 Å². The van der Waals surface area contributed by atoms with Gasteiger partial charge >= 0.3 is 0 Å². The molecular formula is C26H28N4O2S. The lowest BCUT2D eigenvalue weighted by molar-refractivity contribution is 0.0953. The first kappa shape index (κ1) is 21.9. The summed E-state index contributed by atoms with van der Waals surface area (Å²) in [4.78, 5) is 16.4. The Kier molecular flexibility index (Phi) is 6.08. The molecule has 0 amide bonds. The van der Waals surface area contributed by atoms with Crippen molar-refractivity contribution in [1.29, 1.82) is 0 Å². The number of ether oxygens (including phenoxy) is 1. The SMILES string of the molecule is Cc1cc(C)c(C(=O)CSc2nnc(-c3c[nH]c4ccccc34)n2CC2CCCO2)cc1C. The quantitative estimate of drug-likeness (QED) is 0.291. The molecule has 4 aromatic rings. The first-order valence-corrected chi connectivity index (χ1v) is 12.3. The molecule has 0 bridgehead atoms. The first-order chi connectivity index (χ1) is 16.0. The van der Waals surface area contributed by atoms with E-state index in [-0.39, 0.29) is 11.9 Å². The van der Waals surface area contributed by atoms with Gasteiger partial charge in [-0.3, -0.25) is 9.36 Å². The molecule has 0 saturated carbocycles. The van der Waals surface area contributed by atoms with E-state index in [1.165, 1.54) is 17.3 Å². The molecule has 2 aromatic carbocycles. The van der Waals surface area contributed by atoms with Crippen molar-refractivity contribution < 1.29 is 9.53 Å². The molecule has 1 saturated heterocycles. The zero-order valence-corrected chi connectivity index (χ0v) is 20.0. The molecule has 1 unspecified atom stereocenters. The fraction of sp³-hybridized carbons (Fsp3) is 0.346. The van der Waals surface area contributed by atoms with Crippen LogP contribution in [0.15, 0.2) is 47.8 Å². The molecule has 0 aliphatic carbocycles. The van der Waals surface area contributed by atoms with Gasteiger partial charge in [-0.1, -0.05) is 36.0 Å². The monoisotopic (exact) mass is 460 g/mol. The fourth-order valence-electron chi connectivity index (χ4n) is 4.48. The molecule has 1 aliphatic heterocycles. The van der Waals surface area contributed by atoms with Gasteiger partial charge in [0.15, 0.2) is 16.8 Å². The number of hydrogen-bond donors (Lipinski definition) is 1. The first-order valence-electron chi connectivity index (χ1n) is 11.4. The molecule has 33 heavy (non-hydrogen) atoms. The Hall–Kier alpha value is -2.90. The van der Waals surface area contributed by atoms with Crippen LogP contribution in [0.4, 0.5) is 0 Å². The van der Waals surface area contributed by atoms with Crippen LogP contribution in [-0.2, 0) is 11.3 Å². The lowest BCUT2D eigenvalue weighted by Crippen LogP contribution is -2.17. The summed E-state index contributed by atoms with van der Waals surface area (Å²) in [5.41, 5.74) is 6.22. The van der Waals surface area contributed by atoms with Gasteiger partial charge in [-0.05, 0) is 62.4 Å². The highest BCUT2D eigenvalue weighted by atomic mass is 32.2. The summed E-state index contributed by atoms with van der Waals surface area (Å²) < 4.78 is 8.04. The second-order valence-corrected chi connectivity index (χ2v) is 9.71. The number of carbonyl (C=O) groups excluding carboxylic acids is 1. The van der Waals surface area contributed by atoms with Crippen LogP contribution in [0.1, 0.15) is 39.9 Å². The van der Waals surface area contributed by atoms with Crippen molar-refractivity contribution in [3.05, 3.63) is 64.8 Å². The maximum absolute atomic E-state index is 13.1. The van der Waals surface area contributed by atoms with Gasteiger partial charge in [0.25, 0.3) is 0 Å². The van der Waals surface area contributed by atoms with E-state index in [9.17, 15) is 4.79 Å². The smallest absolute Gasteiger partial charge is 0.192 e. The van der Waals surface area contributed by atoms with Crippen LogP contribution in [0.2, 0.25) is 0 Å². The summed E-state index contributed by atoms with van der Waals surface area (Å²) in [5.74, 6) is 1.24. The molecule has 2 aromatic heterocycles. The predicted octanol–water partition coefficient (Wildman–Crippen LogP) is 5.51. The van der Waals surface area contributed by atoms with Crippen LogP contribution in [0.3, 0.4) is 0 Å². The number of benzene rings is 2. The van der Waals surface area contributed by atoms with Crippen molar-refractivity contribution in [2.24, 2.45) is 0 Å². The third-order valence-corrected chi connectivity index (χ3v) is 7.40. The minimum Gasteiger partial charge on any atom is -0.376 e. The standard InChI is InChI=1S/C26H28N4O2S/c1-16-11-18(3)21(12-17(16)2)24(31)15-33-26-29-28-25(30(26)14-19-7-6-10-32-19)22-13-27-23-9-5-4-8-20(22)23/h4-5,8-9,11-13,19,27H,6-7,10,14-15H2,1-3H3. The van der Waals surface area contributed by atoms with Crippen LogP contribution < -0.4 is 0 Å². The van der Waals surface area contributed by atoms with Gasteiger partial charge in [0, 0.05) is 34.8 Å². The number of thioether (sulfide) groups is 1. The number of aryl methyl sites for hydroxylation is 3. The number of aromatic amines is 1. The Morgan fingerprint density at radius 2 is 1.97 bits per heavy atom. The number of rotatable bonds is 7. The highest BCUT2D eigenvalue weighted by Gasteiger charge is 2.24. The Labute approximate surface area is 197 Å². The number of nitrogens with one attached hydrogen (secondary N) is 1. The Morgan fingerprint density at radius 1 is 1.15 bits per heavy atom. The number of para-hydroxylation sites is 1. The van der Waals surface area contributed by atoms with Gasteiger partial charge in [0.2, 0.25) is 0 Å². The average Bonchev–Trinajstić information content (AvgIpc) is 3.55. The number of nitrogens with zero attached hydrogens (tertiary/aromatic N) is 3. The van der Waals surface area contributed by atoms with E-state index >= 15 is 0 Å². The van der Waals surface area contributed by atoms with Crippen molar-refractivity contribution in [2.45, 2.75) is 51.4 Å². The molecule has 1 atom stereocenters. The molecule has 3 heterocycles. The molecule has 1 N–H and O–H groups in total. The molecule has 170 valence electrons. The Balaban J connectivity index is 1.45. The molecule has 0 radical (unpaired) electrons. The molecule has 1 fully saturated rings. The number of ketones is 1. The third kappa shape index (κ3) is 4.35. The minimum absolute atomic E-state index is 0.112. The van der Waals surface area contributed by atoms with Crippen LogP contribution >= 0.6 is 11.8 Å². The van der Waals surface area contributed by atoms with Crippen LogP contribution in [0.5, 0.6) is 0 Å². The van der Waals surface area contributed by atoms with E-state index in [1.807, 2.05) is 38.2 Å². The summed E-state index contributed by atoms with van der Waals surface area (Å²) in [7, 11) is 0. The second-order valence-electron chi connectivity index (χ2n) is 8.76. The van der Waals surface area contributed by atoms with E-state index in [0.29, 0.717) is 12.3 Å². The van der Waals surface area contributed by atoms with Gasteiger partial charge in [-0.2, -0.15) is 0 Å². The molecule has 6 nitrogen and oxygen atoms in total. The maximum Gasteiger partial charge on any atom is 0.192 e. The molecule has 5 rings (SSSR count). The Morgan fingerprint density at radius 3 is 2.79 bits per heavy atom. The Bertz CT molecular complexity index is 1320. The van der Waals surface area contributed by atoms with E-state index < -0.39 is 0 Å².